The maximum atomic E-state index is 12.6. The molecule has 8 heteroatoms. The van der Waals surface area contributed by atoms with E-state index in [1.165, 1.54) is 17.1 Å². The second kappa shape index (κ2) is 6.69. The van der Waals surface area contributed by atoms with Crippen LogP contribution in [0.4, 0.5) is 0 Å². The number of nitrogens with zero attached hydrogens (tertiary/aromatic N) is 3. The molecule has 2 N–H and O–H groups in total. The first-order valence-electron chi connectivity index (χ1n) is 8.06. The van der Waals surface area contributed by atoms with E-state index in [4.69, 9.17) is 16.7 Å². The molecule has 2 aromatic heterocycles. The highest BCUT2D eigenvalue weighted by molar-refractivity contribution is 6.34. The summed E-state index contributed by atoms with van der Waals surface area (Å²) in [7, 11) is 0. The highest BCUT2D eigenvalue weighted by Gasteiger charge is 2.12. The summed E-state index contributed by atoms with van der Waals surface area (Å²) in [4.78, 5) is 30.5. The van der Waals surface area contributed by atoms with Gasteiger partial charge in [0.25, 0.3) is 5.56 Å². The number of aliphatic carboxylic acids is 1. The number of carboxylic acids is 1. The first-order valence-corrected chi connectivity index (χ1v) is 8.44. The third-order valence-corrected chi connectivity index (χ3v) is 4.39. The molecule has 0 amide bonds. The number of hydrogen-bond acceptors (Lipinski definition) is 4. The van der Waals surface area contributed by atoms with Crippen molar-refractivity contribution >= 4 is 28.5 Å². The third kappa shape index (κ3) is 3.32. The molecule has 4 rings (SSSR count). The number of fused-ring (bicyclic) bond motifs is 1. The molecule has 0 radical (unpaired) electrons. The van der Waals surface area contributed by atoms with Gasteiger partial charge in [-0.1, -0.05) is 41.9 Å². The van der Waals surface area contributed by atoms with E-state index in [0.29, 0.717) is 21.5 Å². The lowest BCUT2D eigenvalue weighted by molar-refractivity contribution is -0.136. The molecule has 0 spiro atoms. The Morgan fingerprint density at radius 1 is 1.22 bits per heavy atom. The van der Waals surface area contributed by atoms with Crippen LogP contribution in [0.2, 0.25) is 5.02 Å². The predicted octanol–water partition coefficient (Wildman–Crippen LogP) is 3.06. The summed E-state index contributed by atoms with van der Waals surface area (Å²) in [5.74, 6) is -0.776. The van der Waals surface area contributed by atoms with Gasteiger partial charge in [0, 0.05) is 17.3 Å². The molecule has 0 fully saturated rings. The Balaban J connectivity index is 1.82. The zero-order valence-corrected chi connectivity index (χ0v) is 14.6. The van der Waals surface area contributed by atoms with Gasteiger partial charge in [0.2, 0.25) is 5.95 Å². The molecule has 27 heavy (non-hydrogen) atoms. The number of H-pyrrole nitrogens is 1. The fraction of sp³-hybridized carbons (Fsp3) is 0.0526. The second-order valence-electron chi connectivity index (χ2n) is 5.97. The largest absolute Gasteiger partial charge is 0.481 e. The molecule has 0 aliphatic rings. The number of carboxylic acid groups (broad SMARTS) is 1. The first kappa shape index (κ1) is 17.0. The van der Waals surface area contributed by atoms with Crippen LogP contribution in [-0.4, -0.2) is 30.8 Å². The van der Waals surface area contributed by atoms with E-state index in [9.17, 15) is 9.59 Å². The smallest absolute Gasteiger partial charge is 0.307 e. The van der Waals surface area contributed by atoms with Gasteiger partial charge in [-0.3, -0.25) is 14.6 Å². The van der Waals surface area contributed by atoms with Gasteiger partial charge < -0.3 is 5.11 Å². The van der Waals surface area contributed by atoms with E-state index >= 15 is 0 Å². The van der Waals surface area contributed by atoms with Crippen molar-refractivity contribution in [3.63, 3.8) is 0 Å². The molecule has 0 saturated carbocycles. The summed E-state index contributed by atoms with van der Waals surface area (Å²) in [5.41, 5.74) is 2.24. The Morgan fingerprint density at radius 2 is 2.00 bits per heavy atom. The Morgan fingerprint density at radius 3 is 2.74 bits per heavy atom. The van der Waals surface area contributed by atoms with Gasteiger partial charge in [-0.15, -0.1) is 0 Å². The minimum atomic E-state index is -0.963. The zero-order valence-electron chi connectivity index (χ0n) is 13.9. The monoisotopic (exact) mass is 380 g/mol. The molecule has 0 saturated heterocycles. The minimum Gasteiger partial charge on any atom is -0.481 e. The maximum absolute atomic E-state index is 12.6. The molecule has 0 unspecified atom stereocenters. The van der Waals surface area contributed by atoms with Crippen LogP contribution in [0.15, 0.2) is 59.7 Å². The number of aromatic amines is 1. The van der Waals surface area contributed by atoms with Crippen molar-refractivity contribution in [3.8, 4) is 17.1 Å². The number of nitrogens with one attached hydrogen (secondary N) is 1. The number of rotatable bonds is 4. The van der Waals surface area contributed by atoms with Crippen LogP contribution in [0.25, 0.3) is 28.0 Å². The lowest BCUT2D eigenvalue weighted by Gasteiger charge is -2.08. The van der Waals surface area contributed by atoms with E-state index in [1.54, 1.807) is 12.1 Å². The standard InChI is InChI=1S/C19H13ClN4O3/c20-15-8-16-14(7-13(15)12-4-2-1-3-5-12)18(27)23-19(22-16)24-10-11(9-21-24)6-17(25)26/h1-5,7-10H,6H2,(H,25,26)(H,22,23,27). The molecule has 2 aromatic carbocycles. The Bertz CT molecular complexity index is 1210. The first-order chi connectivity index (χ1) is 13.0. The minimum absolute atomic E-state index is 0.163. The Labute approximate surface area is 157 Å². The second-order valence-corrected chi connectivity index (χ2v) is 6.38. The highest BCUT2D eigenvalue weighted by atomic mass is 35.5. The van der Waals surface area contributed by atoms with Gasteiger partial charge in [-0.05, 0) is 17.7 Å². The highest BCUT2D eigenvalue weighted by Crippen LogP contribution is 2.30. The average Bonchev–Trinajstić information content (AvgIpc) is 3.09. The topological polar surface area (TPSA) is 101 Å². The predicted molar refractivity (Wildman–Crippen MR) is 101 cm³/mol. The molecule has 0 aliphatic heterocycles. The lowest BCUT2D eigenvalue weighted by atomic mass is 10.0. The van der Waals surface area contributed by atoms with Crippen LogP contribution >= 0.6 is 11.6 Å². The summed E-state index contributed by atoms with van der Waals surface area (Å²) in [5, 5.41) is 13.8. The van der Waals surface area contributed by atoms with Crippen molar-refractivity contribution in [2.24, 2.45) is 0 Å². The van der Waals surface area contributed by atoms with Crippen LogP contribution in [0.5, 0.6) is 0 Å². The number of carbonyl (C=O) groups is 1. The van der Waals surface area contributed by atoms with Crippen LogP contribution in [0.1, 0.15) is 5.56 Å². The molecule has 2 heterocycles. The van der Waals surface area contributed by atoms with Crippen LogP contribution < -0.4 is 5.56 Å². The normalized spacial score (nSPS) is 11.0. The molecular weight excluding hydrogens is 368 g/mol. The molecular formula is C19H13ClN4O3. The number of aromatic nitrogens is 4. The SMILES string of the molecule is O=C(O)Cc1cnn(-c2nc3cc(Cl)c(-c4ccccc4)cc3c(=O)[nH]2)c1. The summed E-state index contributed by atoms with van der Waals surface area (Å²) in [6.07, 6.45) is 2.77. The van der Waals surface area contributed by atoms with Crippen molar-refractivity contribution in [2.75, 3.05) is 0 Å². The van der Waals surface area contributed by atoms with E-state index in [2.05, 4.69) is 15.1 Å². The Hall–Kier alpha value is -3.45. The number of hydrogen-bond donors (Lipinski definition) is 2. The molecule has 0 aliphatic carbocycles. The molecule has 7 nitrogen and oxygen atoms in total. The van der Waals surface area contributed by atoms with E-state index in [-0.39, 0.29) is 17.9 Å². The lowest BCUT2D eigenvalue weighted by Crippen LogP contribution is -2.14. The number of halogens is 1. The van der Waals surface area contributed by atoms with Crippen LogP contribution in [0.3, 0.4) is 0 Å². The molecule has 4 aromatic rings. The van der Waals surface area contributed by atoms with Crippen molar-refractivity contribution < 1.29 is 9.90 Å². The fourth-order valence-corrected chi connectivity index (χ4v) is 3.10. The van der Waals surface area contributed by atoms with Crippen molar-refractivity contribution in [3.05, 3.63) is 75.8 Å². The average molecular weight is 381 g/mol. The Kier molecular flexibility index (Phi) is 4.21. The fourth-order valence-electron chi connectivity index (χ4n) is 2.84. The van der Waals surface area contributed by atoms with Crippen molar-refractivity contribution in [1.82, 2.24) is 19.7 Å². The number of benzene rings is 2. The van der Waals surface area contributed by atoms with Crippen LogP contribution in [-0.2, 0) is 11.2 Å². The molecule has 0 bridgehead atoms. The van der Waals surface area contributed by atoms with Crippen molar-refractivity contribution in [2.45, 2.75) is 6.42 Å². The van der Waals surface area contributed by atoms with Crippen LogP contribution in [0, 0.1) is 0 Å². The van der Waals surface area contributed by atoms with Gasteiger partial charge in [-0.2, -0.15) is 5.10 Å². The maximum Gasteiger partial charge on any atom is 0.307 e. The van der Waals surface area contributed by atoms with E-state index < -0.39 is 5.97 Å². The van der Waals surface area contributed by atoms with Gasteiger partial charge in [-0.25, -0.2) is 9.67 Å². The van der Waals surface area contributed by atoms with E-state index in [1.807, 2.05) is 30.3 Å². The summed E-state index contributed by atoms with van der Waals surface area (Å²) in [6, 6.07) is 12.9. The quantitative estimate of drug-likeness (QED) is 0.566. The molecule has 134 valence electrons. The molecule has 0 atom stereocenters. The van der Waals surface area contributed by atoms with Gasteiger partial charge in [0.1, 0.15) is 0 Å². The van der Waals surface area contributed by atoms with Gasteiger partial charge >= 0.3 is 5.97 Å². The van der Waals surface area contributed by atoms with E-state index in [0.717, 1.165) is 11.1 Å². The van der Waals surface area contributed by atoms with Gasteiger partial charge in [0.15, 0.2) is 0 Å². The summed E-state index contributed by atoms with van der Waals surface area (Å²) >= 11 is 6.41. The zero-order chi connectivity index (χ0) is 19.0. The third-order valence-electron chi connectivity index (χ3n) is 4.07. The summed E-state index contributed by atoms with van der Waals surface area (Å²) < 4.78 is 1.33. The van der Waals surface area contributed by atoms with Crippen molar-refractivity contribution in [1.29, 1.82) is 0 Å². The summed E-state index contributed by atoms with van der Waals surface area (Å²) in [6.45, 7) is 0. The van der Waals surface area contributed by atoms with Gasteiger partial charge in [0.05, 0.1) is 28.5 Å².